The van der Waals surface area contributed by atoms with Crippen molar-refractivity contribution in [2.24, 2.45) is 0 Å². The molecule has 18 heavy (non-hydrogen) atoms. The maximum Gasteiger partial charge on any atom is 0.136 e. The van der Waals surface area contributed by atoms with Crippen molar-refractivity contribution in [3.63, 3.8) is 0 Å². The second-order valence-corrected chi connectivity index (χ2v) is 5.19. The monoisotopic (exact) mass is 280 g/mol. The highest BCUT2D eigenvalue weighted by Gasteiger charge is 2.09. The van der Waals surface area contributed by atoms with Gasteiger partial charge in [0.1, 0.15) is 21.8 Å². The Hall–Kier alpha value is -1.26. The Bertz CT molecular complexity index is 575. The van der Waals surface area contributed by atoms with E-state index in [9.17, 15) is 0 Å². The van der Waals surface area contributed by atoms with Gasteiger partial charge in [-0.2, -0.15) is 0 Å². The van der Waals surface area contributed by atoms with Crippen molar-refractivity contribution < 1.29 is 4.74 Å². The normalized spacial score (nSPS) is 10.4. The van der Waals surface area contributed by atoms with Gasteiger partial charge in [0, 0.05) is 10.5 Å². The Morgan fingerprint density at radius 3 is 2.72 bits per heavy atom. The third-order valence-corrected chi connectivity index (χ3v) is 3.86. The Morgan fingerprint density at radius 1 is 1.22 bits per heavy atom. The lowest BCUT2D eigenvalue weighted by atomic mass is 10.3. The molecule has 0 saturated heterocycles. The van der Waals surface area contributed by atoms with Crippen LogP contribution < -0.4 is 4.74 Å². The summed E-state index contributed by atoms with van der Waals surface area (Å²) in [7, 11) is 1.65. The average Bonchev–Trinajstić information content (AvgIpc) is 2.35. The van der Waals surface area contributed by atoms with E-state index in [-0.39, 0.29) is 0 Å². The third-order valence-electron chi connectivity index (χ3n) is 2.41. The largest absolute Gasteiger partial charge is 0.497 e. The number of benzene rings is 1. The molecule has 2 aromatic rings. The summed E-state index contributed by atoms with van der Waals surface area (Å²) in [5, 5.41) is 1.38. The van der Waals surface area contributed by atoms with Crippen molar-refractivity contribution >= 4 is 23.4 Å². The van der Waals surface area contributed by atoms with E-state index in [0.717, 1.165) is 21.2 Å². The summed E-state index contributed by atoms with van der Waals surface area (Å²) in [4.78, 5) is 9.60. The smallest absolute Gasteiger partial charge is 0.136 e. The van der Waals surface area contributed by atoms with Gasteiger partial charge in [0.2, 0.25) is 0 Å². The van der Waals surface area contributed by atoms with Gasteiger partial charge < -0.3 is 4.74 Å². The molecule has 5 heteroatoms. The number of aromatic nitrogens is 2. The first kappa shape index (κ1) is 13.2. The van der Waals surface area contributed by atoms with E-state index in [0.29, 0.717) is 11.0 Å². The minimum absolute atomic E-state index is 0.507. The highest BCUT2D eigenvalue weighted by Crippen LogP contribution is 2.32. The molecule has 0 bridgehead atoms. The van der Waals surface area contributed by atoms with E-state index in [1.54, 1.807) is 18.9 Å². The van der Waals surface area contributed by atoms with Crippen LogP contribution in [0.4, 0.5) is 0 Å². The Morgan fingerprint density at radius 2 is 2.00 bits per heavy atom. The fourth-order valence-corrected chi connectivity index (χ4v) is 2.69. The molecule has 1 aromatic carbocycles. The van der Waals surface area contributed by atoms with Crippen LogP contribution in [0, 0.1) is 13.8 Å². The van der Waals surface area contributed by atoms with Crippen molar-refractivity contribution in [3.05, 3.63) is 40.8 Å². The number of rotatable bonds is 3. The predicted molar refractivity (Wildman–Crippen MR) is 73.6 cm³/mol. The van der Waals surface area contributed by atoms with Crippen molar-refractivity contribution in [1.82, 2.24) is 9.97 Å². The van der Waals surface area contributed by atoms with Crippen LogP contribution in [-0.2, 0) is 0 Å². The molecule has 94 valence electrons. The van der Waals surface area contributed by atoms with Gasteiger partial charge >= 0.3 is 0 Å². The fourth-order valence-electron chi connectivity index (χ4n) is 1.45. The second-order valence-electron chi connectivity index (χ2n) is 3.77. The minimum atomic E-state index is 0.507. The molecule has 0 atom stereocenters. The van der Waals surface area contributed by atoms with Crippen molar-refractivity contribution in [2.75, 3.05) is 7.11 Å². The van der Waals surface area contributed by atoms with Gasteiger partial charge in [-0.25, -0.2) is 9.97 Å². The first-order valence-corrected chi connectivity index (χ1v) is 6.62. The van der Waals surface area contributed by atoms with Crippen LogP contribution in [0.2, 0.25) is 5.15 Å². The number of ether oxygens (including phenoxy) is 1. The highest BCUT2D eigenvalue weighted by molar-refractivity contribution is 7.99. The minimum Gasteiger partial charge on any atom is -0.497 e. The van der Waals surface area contributed by atoms with Crippen LogP contribution in [0.3, 0.4) is 0 Å². The number of aryl methyl sites for hydroxylation is 1. The van der Waals surface area contributed by atoms with Crippen molar-refractivity contribution in [3.8, 4) is 5.75 Å². The summed E-state index contributed by atoms with van der Waals surface area (Å²) in [6.07, 6.45) is 0. The molecule has 0 amide bonds. The lowest BCUT2D eigenvalue weighted by Gasteiger charge is -2.08. The van der Waals surface area contributed by atoms with E-state index in [2.05, 4.69) is 9.97 Å². The molecule has 0 fully saturated rings. The van der Waals surface area contributed by atoms with Gasteiger partial charge in [0.25, 0.3) is 0 Å². The number of hydrogen-bond donors (Lipinski definition) is 0. The molecule has 0 N–H and O–H groups in total. The van der Waals surface area contributed by atoms with Gasteiger partial charge in [-0.3, -0.25) is 0 Å². The number of methoxy groups -OCH3 is 1. The van der Waals surface area contributed by atoms with Crippen LogP contribution in [0.5, 0.6) is 5.75 Å². The SMILES string of the molecule is COc1cccc(Sc2nc(C)nc(Cl)c2C)c1. The molecule has 3 nitrogen and oxygen atoms in total. The zero-order valence-corrected chi connectivity index (χ0v) is 12.0. The van der Waals surface area contributed by atoms with Crippen LogP contribution >= 0.6 is 23.4 Å². The lowest BCUT2D eigenvalue weighted by Crippen LogP contribution is -1.95. The van der Waals surface area contributed by atoms with Crippen LogP contribution in [0.25, 0.3) is 0 Å². The van der Waals surface area contributed by atoms with E-state index in [4.69, 9.17) is 16.3 Å². The Kier molecular flexibility index (Phi) is 4.09. The fraction of sp³-hybridized carbons (Fsp3) is 0.231. The standard InChI is InChI=1S/C13H13ClN2OS/c1-8-12(14)15-9(2)16-13(8)18-11-6-4-5-10(7-11)17-3/h4-7H,1-3H3. The maximum atomic E-state index is 6.05. The molecular weight excluding hydrogens is 268 g/mol. The van der Waals surface area contributed by atoms with E-state index < -0.39 is 0 Å². The molecule has 0 aliphatic heterocycles. The summed E-state index contributed by atoms with van der Waals surface area (Å²) in [5.41, 5.74) is 0.898. The Balaban J connectivity index is 2.33. The van der Waals surface area contributed by atoms with Crippen molar-refractivity contribution in [2.45, 2.75) is 23.8 Å². The van der Waals surface area contributed by atoms with Gasteiger partial charge in [-0.1, -0.05) is 29.4 Å². The van der Waals surface area contributed by atoms with Crippen molar-refractivity contribution in [1.29, 1.82) is 0 Å². The number of nitrogens with zero attached hydrogens (tertiary/aromatic N) is 2. The molecular formula is C13H13ClN2OS. The van der Waals surface area contributed by atoms with Gasteiger partial charge in [-0.15, -0.1) is 0 Å². The lowest BCUT2D eigenvalue weighted by molar-refractivity contribution is 0.413. The van der Waals surface area contributed by atoms with Gasteiger partial charge in [0.05, 0.1) is 7.11 Å². The van der Waals surface area contributed by atoms with Gasteiger partial charge in [-0.05, 0) is 32.0 Å². The van der Waals surface area contributed by atoms with E-state index in [1.165, 1.54) is 0 Å². The number of hydrogen-bond acceptors (Lipinski definition) is 4. The average molecular weight is 281 g/mol. The van der Waals surface area contributed by atoms with Crippen LogP contribution in [-0.4, -0.2) is 17.1 Å². The summed E-state index contributed by atoms with van der Waals surface area (Å²) in [6.45, 7) is 3.76. The molecule has 0 aliphatic carbocycles. The van der Waals surface area contributed by atoms with E-state index >= 15 is 0 Å². The maximum absolute atomic E-state index is 6.05. The van der Waals surface area contributed by atoms with Crippen LogP contribution in [0.15, 0.2) is 34.2 Å². The van der Waals surface area contributed by atoms with Gasteiger partial charge in [0.15, 0.2) is 0 Å². The molecule has 0 unspecified atom stereocenters. The topological polar surface area (TPSA) is 35.0 Å². The highest BCUT2D eigenvalue weighted by atomic mass is 35.5. The molecule has 1 aromatic heterocycles. The summed E-state index contributed by atoms with van der Waals surface area (Å²) in [5.74, 6) is 1.51. The molecule has 2 rings (SSSR count). The van der Waals surface area contributed by atoms with E-state index in [1.807, 2.05) is 38.1 Å². The molecule has 0 spiro atoms. The molecule has 0 saturated carbocycles. The molecule has 1 heterocycles. The van der Waals surface area contributed by atoms with Crippen LogP contribution in [0.1, 0.15) is 11.4 Å². The number of halogens is 1. The molecule has 0 aliphatic rings. The first-order chi connectivity index (χ1) is 8.60. The quantitative estimate of drug-likeness (QED) is 0.799. The predicted octanol–water partition coefficient (Wildman–Crippen LogP) is 3.91. The second kappa shape index (κ2) is 5.59. The first-order valence-electron chi connectivity index (χ1n) is 5.43. The summed E-state index contributed by atoms with van der Waals surface area (Å²) in [6, 6.07) is 7.84. The zero-order chi connectivity index (χ0) is 13.1. The zero-order valence-electron chi connectivity index (χ0n) is 10.4. The summed E-state index contributed by atoms with van der Waals surface area (Å²) >= 11 is 7.61. The third kappa shape index (κ3) is 2.94. The summed E-state index contributed by atoms with van der Waals surface area (Å²) < 4.78 is 5.20. The Labute approximate surface area is 116 Å². The molecule has 0 radical (unpaired) electrons.